The molecule has 0 amide bonds. The van der Waals surface area contributed by atoms with Crippen LogP contribution in [0, 0.1) is 0 Å². The van der Waals surface area contributed by atoms with Crippen LogP contribution in [0.1, 0.15) is 70.6 Å². The van der Waals surface area contributed by atoms with Crippen LogP contribution in [0.15, 0.2) is 24.3 Å². The van der Waals surface area contributed by atoms with E-state index >= 15 is 0 Å². The summed E-state index contributed by atoms with van der Waals surface area (Å²) in [4.78, 5) is 8.80. The lowest BCUT2D eigenvalue weighted by Crippen LogP contribution is -2.20. The van der Waals surface area contributed by atoms with Crippen molar-refractivity contribution < 1.29 is 0 Å². The number of halogens is 1. The molecule has 3 rings (SSSR count). The van der Waals surface area contributed by atoms with E-state index in [0.717, 1.165) is 16.7 Å². The number of nitrogens with one attached hydrogen (secondary N) is 1. The minimum absolute atomic E-state index is 0.323. The van der Waals surface area contributed by atoms with Gasteiger partial charge < -0.3 is 5.32 Å². The number of hydrogen-bond acceptors (Lipinski definition) is 3. The van der Waals surface area contributed by atoms with Crippen molar-refractivity contribution in [3.63, 3.8) is 0 Å². The van der Waals surface area contributed by atoms with E-state index in [4.69, 9.17) is 11.6 Å². The predicted molar refractivity (Wildman–Crippen MR) is 103 cm³/mol. The molecule has 0 spiro atoms. The highest BCUT2D eigenvalue weighted by Gasteiger charge is 2.13. The van der Waals surface area contributed by atoms with Crippen LogP contribution in [0.5, 0.6) is 0 Å². The number of benzene rings is 1. The monoisotopic (exact) mass is 345 g/mol. The molecule has 0 radical (unpaired) electrons. The van der Waals surface area contributed by atoms with Gasteiger partial charge in [-0.25, -0.2) is 9.97 Å². The molecule has 0 bridgehead atoms. The number of hydrogen-bond donors (Lipinski definition) is 1. The lowest BCUT2D eigenvalue weighted by Gasteiger charge is -2.21. The zero-order valence-electron chi connectivity index (χ0n) is 14.4. The lowest BCUT2D eigenvalue weighted by atomic mass is 9.98. The van der Waals surface area contributed by atoms with Crippen molar-refractivity contribution in [1.29, 1.82) is 0 Å². The molecule has 24 heavy (non-hydrogen) atoms. The van der Waals surface area contributed by atoms with Gasteiger partial charge in [0.05, 0.1) is 5.52 Å². The van der Waals surface area contributed by atoms with Gasteiger partial charge in [-0.2, -0.15) is 0 Å². The summed E-state index contributed by atoms with van der Waals surface area (Å²) in [5.41, 5.74) is 0.910. The summed E-state index contributed by atoms with van der Waals surface area (Å²) in [7, 11) is 0. The van der Waals surface area contributed by atoms with Gasteiger partial charge in [-0.1, -0.05) is 69.9 Å². The summed E-state index contributed by atoms with van der Waals surface area (Å²) in [6.45, 7) is 0. The summed E-state index contributed by atoms with van der Waals surface area (Å²) in [6, 6.07) is 8.58. The normalized spacial score (nSPS) is 18.7. The topological polar surface area (TPSA) is 37.8 Å². The Morgan fingerprint density at radius 3 is 2.04 bits per heavy atom. The molecule has 1 fully saturated rings. The average Bonchev–Trinajstić information content (AvgIpc) is 2.57. The van der Waals surface area contributed by atoms with Gasteiger partial charge >= 0.3 is 0 Å². The third-order valence-corrected chi connectivity index (χ3v) is 5.19. The van der Waals surface area contributed by atoms with Gasteiger partial charge in [0.1, 0.15) is 5.82 Å². The third kappa shape index (κ3) is 5.07. The summed E-state index contributed by atoms with van der Waals surface area (Å²) in [5.74, 6) is 0.891. The first-order valence-electron chi connectivity index (χ1n) is 9.52. The Hall–Kier alpha value is -1.35. The maximum atomic E-state index is 6.13. The van der Waals surface area contributed by atoms with Crippen LogP contribution in [0.3, 0.4) is 0 Å². The van der Waals surface area contributed by atoms with Crippen LogP contribution in [-0.4, -0.2) is 16.0 Å². The summed E-state index contributed by atoms with van der Waals surface area (Å²) in [5, 5.41) is 5.07. The van der Waals surface area contributed by atoms with Gasteiger partial charge in [-0.05, 0) is 36.6 Å². The standard InChI is InChI=1S/C20H28ClN3/c21-20-23-18-15-11-10-14-17(18)19(24-20)22-16-12-8-6-4-2-1-3-5-7-9-13-16/h10-11,14-16H,1-9,12-13H2,(H,22,23,24). The molecule has 0 saturated heterocycles. The zero-order valence-corrected chi connectivity index (χ0v) is 15.2. The number of anilines is 1. The minimum Gasteiger partial charge on any atom is -0.367 e. The van der Waals surface area contributed by atoms with Gasteiger partial charge in [0.15, 0.2) is 0 Å². The molecule has 0 aliphatic heterocycles. The smallest absolute Gasteiger partial charge is 0.224 e. The third-order valence-electron chi connectivity index (χ3n) is 5.02. The van der Waals surface area contributed by atoms with Crippen molar-refractivity contribution in [2.24, 2.45) is 0 Å². The van der Waals surface area contributed by atoms with Crippen LogP contribution in [0.25, 0.3) is 10.9 Å². The first-order valence-corrected chi connectivity index (χ1v) is 9.89. The van der Waals surface area contributed by atoms with Crippen LogP contribution in [0.2, 0.25) is 5.28 Å². The Kier molecular flexibility index (Phi) is 6.71. The quantitative estimate of drug-likeness (QED) is 0.642. The first-order chi connectivity index (χ1) is 11.8. The molecule has 1 aromatic heterocycles. The van der Waals surface area contributed by atoms with Crippen molar-refractivity contribution in [3.05, 3.63) is 29.5 Å². The molecule has 3 nitrogen and oxygen atoms in total. The number of nitrogens with zero attached hydrogens (tertiary/aromatic N) is 2. The highest BCUT2D eigenvalue weighted by molar-refractivity contribution is 6.28. The van der Waals surface area contributed by atoms with Crippen molar-refractivity contribution >= 4 is 28.3 Å². The van der Waals surface area contributed by atoms with Crippen molar-refractivity contribution in [3.8, 4) is 0 Å². The molecule has 1 aliphatic rings. The second kappa shape index (κ2) is 9.22. The fourth-order valence-electron chi connectivity index (χ4n) is 3.66. The molecule has 1 heterocycles. The summed E-state index contributed by atoms with van der Waals surface area (Å²) < 4.78 is 0. The Bertz CT molecular complexity index is 632. The number of fused-ring (bicyclic) bond motifs is 1. The number of para-hydroxylation sites is 1. The Morgan fingerprint density at radius 1 is 0.792 bits per heavy atom. The minimum atomic E-state index is 0.323. The van der Waals surface area contributed by atoms with E-state index in [1.165, 1.54) is 70.6 Å². The summed E-state index contributed by atoms with van der Waals surface area (Å²) in [6.07, 6.45) is 14.7. The van der Waals surface area contributed by atoms with E-state index in [2.05, 4.69) is 21.4 Å². The molecule has 0 unspecified atom stereocenters. The lowest BCUT2D eigenvalue weighted by molar-refractivity contribution is 0.480. The molecule has 1 aliphatic carbocycles. The fraction of sp³-hybridized carbons (Fsp3) is 0.600. The molecule has 1 saturated carbocycles. The molecule has 2 aromatic rings. The van der Waals surface area contributed by atoms with Gasteiger partial charge in [-0.3, -0.25) is 0 Å². The molecule has 0 atom stereocenters. The van der Waals surface area contributed by atoms with Gasteiger partial charge in [0.2, 0.25) is 5.28 Å². The van der Waals surface area contributed by atoms with E-state index in [9.17, 15) is 0 Å². The number of aromatic nitrogens is 2. The summed E-state index contributed by atoms with van der Waals surface area (Å²) >= 11 is 6.13. The van der Waals surface area contributed by atoms with Gasteiger partial charge in [0.25, 0.3) is 0 Å². The predicted octanol–water partition coefficient (Wildman–Crippen LogP) is 6.37. The van der Waals surface area contributed by atoms with Crippen LogP contribution >= 0.6 is 11.6 Å². The maximum absolute atomic E-state index is 6.13. The average molecular weight is 346 g/mol. The highest BCUT2D eigenvalue weighted by Crippen LogP contribution is 2.25. The van der Waals surface area contributed by atoms with Gasteiger partial charge in [0, 0.05) is 11.4 Å². The van der Waals surface area contributed by atoms with E-state index in [1.807, 2.05) is 18.2 Å². The van der Waals surface area contributed by atoms with E-state index in [-0.39, 0.29) is 0 Å². The largest absolute Gasteiger partial charge is 0.367 e. The van der Waals surface area contributed by atoms with Crippen LogP contribution in [-0.2, 0) is 0 Å². The van der Waals surface area contributed by atoms with Crippen LogP contribution in [0.4, 0.5) is 5.82 Å². The molecule has 4 heteroatoms. The Morgan fingerprint density at radius 2 is 1.38 bits per heavy atom. The van der Waals surface area contributed by atoms with E-state index in [0.29, 0.717) is 11.3 Å². The maximum Gasteiger partial charge on any atom is 0.224 e. The molecule has 1 aromatic carbocycles. The fourth-order valence-corrected chi connectivity index (χ4v) is 3.83. The molecular formula is C20H28ClN3. The molecule has 130 valence electrons. The SMILES string of the molecule is Clc1nc(NC2CCCCCCCCCCC2)c2ccccc2n1. The highest BCUT2D eigenvalue weighted by atomic mass is 35.5. The second-order valence-electron chi connectivity index (χ2n) is 6.96. The zero-order chi connectivity index (χ0) is 16.6. The van der Waals surface area contributed by atoms with Crippen LogP contribution < -0.4 is 5.32 Å². The number of rotatable bonds is 2. The Balaban J connectivity index is 1.72. The van der Waals surface area contributed by atoms with E-state index < -0.39 is 0 Å². The van der Waals surface area contributed by atoms with Crippen molar-refractivity contribution in [1.82, 2.24) is 9.97 Å². The molecular weight excluding hydrogens is 318 g/mol. The molecule has 1 N–H and O–H groups in total. The van der Waals surface area contributed by atoms with Crippen molar-refractivity contribution in [2.45, 2.75) is 76.7 Å². The van der Waals surface area contributed by atoms with Crippen molar-refractivity contribution in [2.75, 3.05) is 5.32 Å². The van der Waals surface area contributed by atoms with E-state index in [1.54, 1.807) is 0 Å². The van der Waals surface area contributed by atoms with Gasteiger partial charge in [-0.15, -0.1) is 0 Å². The first kappa shape index (κ1) is 17.5. The second-order valence-corrected chi connectivity index (χ2v) is 7.30. The Labute approximate surface area is 150 Å².